The second-order valence-electron chi connectivity index (χ2n) is 8.39. The number of nitrogens with zero attached hydrogens (tertiary/aromatic N) is 4. The van der Waals surface area contributed by atoms with Gasteiger partial charge in [-0.15, -0.1) is 0 Å². The fourth-order valence-corrected chi connectivity index (χ4v) is 4.17. The molecule has 0 spiro atoms. The molecule has 2 fully saturated rings. The quantitative estimate of drug-likeness (QED) is 0.759. The van der Waals surface area contributed by atoms with E-state index < -0.39 is 0 Å². The molecule has 0 atom stereocenters. The van der Waals surface area contributed by atoms with Gasteiger partial charge in [-0.05, 0) is 32.3 Å². The smallest absolute Gasteiger partial charge is 0.260 e. The van der Waals surface area contributed by atoms with E-state index in [1.165, 1.54) is 0 Å². The van der Waals surface area contributed by atoms with Crippen molar-refractivity contribution in [3.05, 3.63) is 16.7 Å². The molecular weight excluding hydrogens is 372 g/mol. The molecule has 0 saturated carbocycles. The molecule has 0 bridgehead atoms. The number of hydrogen-bond donors (Lipinski definition) is 0. The summed E-state index contributed by atoms with van der Waals surface area (Å²) < 4.78 is 17.2. The zero-order valence-electron chi connectivity index (χ0n) is 17.2. The van der Waals surface area contributed by atoms with Gasteiger partial charge in [-0.3, -0.25) is 4.79 Å². The Bertz CT molecular complexity index is 821. The lowest BCUT2D eigenvalue weighted by molar-refractivity contribution is -0.137. The third-order valence-corrected chi connectivity index (χ3v) is 5.78. The standard InChI is InChI=1S/C21H28N4O4/c1-21(2)11-15-16(12-22)20(28-14-18(26)24-7-9-27-10-8-24)23-19(17(15)13-29-21)25-5-3-4-6-25/h3-11,13-14H2,1-2H3. The second-order valence-corrected chi connectivity index (χ2v) is 8.39. The molecule has 0 N–H and O–H groups in total. The van der Waals surface area contributed by atoms with Crippen molar-refractivity contribution >= 4 is 11.7 Å². The maximum absolute atomic E-state index is 12.5. The van der Waals surface area contributed by atoms with Crippen LogP contribution in [-0.2, 0) is 27.3 Å². The number of anilines is 1. The van der Waals surface area contributed by atoms with Crippen LogP contribution in [0.25, 0.3) is 0 Å². The highest BCUT2D eigenvalue weighted by Crippen LogP contribution is 2.39. The maximum atomic E-state index is 12.5. The van der Waals surface area contributed by atoms with Crippen LogP contribution in [0.3, 0.4) is 0 Å². The Hall–Kier alpha value is -2.37. The summed E-state index contributed by atoms with van der Waals surface area (Å²) in [7, 11) is 0. The van der Waals surface area contributed by atoms with Crippen molar-refractivity contribution in [1.29, 1.82) is 5.26 Å². The van der Waals surface area contributed by atoms with Crippen LogP contribution >= 0.6 is 0 Å². The minimum Gasteiger partial charge on any atom is -0.467 e. The molecule has 1 aromatic heterocycles. The molecule has 0 radical (unpaired) electrons. The number of morpholine rings is 1. The molecule has 8 nitrogen and oxygen atoms in total. The van der Waals surface area contributed by atoms with E-state index in [4.69, 9.17) is 19.2 Å². The molecule has 3 aliphatic heterocycles. The first kappa shape index (κ1) is 19.9. The van der Waals surface area contributed by atoms with Gasteiger partial charge >= 0.3 is 0 Å². The van der Waals surface area contributed by atoms with Crippen molar-refractivity contribution in [3.63, 3.8) is 0 Å². The van der Waals surface area contributed by atoms with Gasteiger partial charge in [0.2, 0.25) is 5.88 Å². The van der Waals surface area contributed by atoms with Gasteiger partial charge in [-0.25, -0.2) is 0 Å². The number of rotatable bonds is 4. The van der Waals surface area contributed by atoms with Crippen LogP contribution in [0.1, 0.15) is 43.4 Å². The lowest BCUT2D eigenvalue weighted by Gasteiger charge is -2.35. The van der Waals surface area contributed by atoms with E-state index in [0.29, 0.717) is 44.9 Å². The molecule has 4 rings (SSSR count). The van der Waals surface area contributed by atoms with E-state index in [1.54, 1.807) is 4.90 Å². The van der Waals surface area contributed by atoms with Crippen molar-refractivity contribution in [3.8, 4) is 11.9 Å². The number of ether oxygens (including phenoxy) is 3. The number of carbonyl (C=O) groups is 1. The SMILES string of the molecule is CC1(C)Cc2c(C#N)c(OCC(=O)N3CCOCC3)nc(N3CCCC3)c2CO1. The number of amides is 1. The monoisotopic (exact) mass is 400 g/mol. The Morgan fingerprint density at radius 2 is 1.93 bits per heavy atom. The Kier molecular flexibility index (Phi) is 5.61. The van der Waals surface area contributed by atoms with E-state index in [-0.39, 0.29) is 24.0 Å². The second kappa shape index (κ2) is 8.17. The van der Waals surface area contributed by atoms with Crippen LogP contribution in [0.15, 0.2) is 0 Å². The van der Waals surface area contributed by atoms with E-state index in [0.717, 1.165) is 42.9 Å². The van der Waals surface area contributed by atoms with E-state index >= 15 is 0 Å². The molecule has 1 aromatic rings. The highest BCUT2D eigenvalue weighted by Gasteiger charge is 2.34. The largest absolute Gasteiger partial charge is 0.467 e. The molecule has 156 valence electrons. The summed E-state index contributed by atoms with van der Waals surface area (Å²) >= 11 is 0. The Balaban J connectivity index is 1.64. The van der Waals surface area contributed by atoms with Crippen LogP contribution in [0.2, 0.25) is 0 Å². The van der Waals surface area contributed by atoms with Crippen LogP contribution in [0.5, 0.6) is 5.88 Å². The van der Waals surface area contributed by atoms with Gasteiger partial charge in [0.15, 0.2) is 6.61 Å². The maximum Gasteiger partial charge on any atom is 0.260 e. The molecule has 3 aliphatic rings. The number of carbonyl (C=O) groups excluding carboxylic acids is 1. The van der Waals surface area contributed by atoms with Crippen molar-refractivity contribution in [2.24, 2.45) is 0 Å². The number of pyridine rings is 1. The summed E-state index contributed by atoms with van der Waals surface area (Å²) in [5, 5.41) is 9.88. The topological polar surface area (TPSA) is 87.9 Å². The lowest BCUT2D eigenvalue weighted by atomic mass is 9.89. The van der Waals surface area contributed by atoms with Gasteiger partial charge in [0.05, 0.1) is 25.4 Å². The molecule has 4 heterocycles. The minimum absolute atomic E-state index is 0.108. The van der Waals surface area contributed by atoms with Gasteiger partial charge in [-0.2, -0.15) is 10.2 Å². The minimum atomic E-state index is -0.358. The summed E-state index contributed by atoms with van der Waals surface area (Å²) in [5.74, 6) is 0.983. The normalized spacial score (nSPS) is 20.9. The Labute approximate surface area is 171 Å². The highest BCUT2D eigenvalue weighted by molar-refractivity contribution is 5.78. The van der Waals surface area contributed by atoms with Gasteiger partial charge < -0.3 is 24.0 Å². The van der Waals surface area contributed by atoms with E-state index in [2.05, 4.69) is 11.0 Å². The molecule has 29 heavy (non-hydrogen) atoms. The Morgan fingerprint density at radius 3 is 2.62 bits per heavy atom. The van der Waals surface area contributed by atoms with Gasteiger partial charge in [0, 0.05) is 38.2 Å². The first-order valence-corrected chi connectivity index (χ1v) is 10.3. The summed E-state index contributed by atoms with van der Waals surface area (Å²) in [5.41, 5.74) is 1.99. The third kappa shape index (κ3) is 4.16. The first-order valence-electron chi connectivity index (χ1n) is 10.3. The Morgan fingerprint density at radius 1 is 1.21 bits per heavy atom. The summed E-state index contributed by atoms with van der Waals surface area (Å²) in [6.07, 6.45) is 2.85. The summed E-state index contributed by atoms with van der Waals surface area (Å²) in [6, 6.07) is 2.28. The van der Waals surface area contributed by atoms with Gasteiger partial charge in [-0.1, -0.05) is 0 Å². The third-order valence-electron chi connectivity index (χ3n) is 5.78. The molecular formula is C21H28N4O4. The average Bonchev–Trinajstić information content (AvgIpc) is 3.25. The zero-order chi connectivity index (χ0) is 20.4. The number of nitriles is 1. The van der Waals surface area contributed by atoms with E-state index in [1.807, 2.05) is 13.8 Å². The predicted molar refractivity (Wildman–Crippen MR) is 106 cm³/mol. The van der Waals surface area contributed by atoms with Crippen molar-refractivity contribution in [1.82, 2.24) is 9.88 Å². The number of aromatic nitrogens is 1. The summed E-state index contributed by atoms with van der Waals surface area (Å²) in [6.45, 7) is 8.43. The van der Waals surface area contributed by atoms with Crippen LogP contribution < -0.4 is 9.64 Å². The molecule has 8 heteroatoms. The average molecular weight is 400 g/mol. The highest BCUT2D eigenvalue weighted by atomic mass is 16.5. The van der Waals surface area contributed by atoms with Crippen molar-refractivity contribution in [2.75, 3.05) is 50.9 Å². The molecule has 0 unspecified atom stereocenters. The van der Waals surface area contributed by atoms with Crippen molar-refractivity contribution < 1.29 is 19.0 Å². The molecule has 0 aromatic carbocycles. The predicted octanol–water partition coefficient (Wildman–Crippen LogP) is 1.64. The van der Waals surface area contributed by atoms with Gasteiger partial charge in [0.1, 0.15) is 17.5 Å². The van der Waals surface area contributed by atoms with Crippen LogP contribution in [0, 0.1) is 11.3 Å². The summed E-state index contributed by atoms with van der Waals surface area (Å²) in [4.78, 5) is 21.2. The lowest BCUT2D eigenvalue weighted by Crippen LogP contribution is -2.43. The first-order chi connectivity index (χ1) is 14.0. The fourth-order valence-electron chi connectivity index (χ4n) is 4.17. The number of fused-ring (bicyclic) bond motifs is 1. The van der Waals surface area contributed by atoms with Crippen LogP contribution in [-0.4, -0.2) is 67.4 Å². The number of hydrogen-bond acceptors (Lipinski definition) is 7. The van der Waals surface area contributed by atoms with Crippen LogP contribution in [0.4, 0.5) is 5.82 Å². The van der Waals surface area contributed by atoms with E-state index in [9.17, 15) is 10.1 Å². The van der Waals surface area contributed by atoms with Crippen molar-refractivity contribution in [2.45, 2.75) is 45.3 Å². The fraction of sp³-hybridized carbons (Fsp3) is 0.667. The molecule has 1 amide bonds. The van der Waals surface area contributed by atoms with Gasteiger partial charge in [0.25, 0.3) is 5.91 Å². The molecule has 2 saturated heterocycles. The molecule has 0 aliphatic carbocycles. The zero-order valence-corrected chi connectivity index (χ0v) is 17.2.